The number of benzene rings is 1. The Balaban J connectivity index is 2.38. The van der Waals surface area contributed by atoms with Gasteiger partial charge in [0.15, 0.2) is 0 Å². The van der Waals surface area contributed by atoms with Crippen molar-refractivity contribution in [3.05, 3.63) is 47.3 Å². The summed E-state index contributed by atoms with van der Waals surface area (Å²) < 4.78 is 2.14. The van der Waals surface area contributed by atoms with E-state index in [4.69, 9.17) is 5.73 Å². The van der Waals surface area contributed by atoms with Crippen molar-refractivity contribution >= 4 is 16.8 Å². The van der Waals surface area contributed by atoms with E-state index in [1.54, 1.807) is 12.1 Å². The van der Waals surface area contributed by atoms with Crippen LogP contribution in [0, 0.1) is 6.92 Å². The predicted octanol–water partition coefficient (Wildman–Crippen LogP) is 3.96. The second-order valence-corrected chi connectivity index (χ2v) is 6.51. The lowest BCUT2D eigenvalue weighted by Crippen LogP contribution is -2.14. The van der Waals surface area contributed by atoms with Crippen LogP contribution in [-0.4, -0.2) is 20.6 Å². The molecule has 0 spiro atoms. The summed E-state index contributed by atoms with van der Waals surface area (Å²) in [5.41, 5.74) is 10.0. The first kappa shape index (κ1) is 17.0. The van der Waals surface area contributed by atoms with Crippen molar-refractivity contribution in [2.24, 2.45) is 5.73 Å². The number of aromatic hydroxyl groups is 1. The van der Waals surface area contributed by atoms with Crippen LogP contribution in [0.15, 0.2) is 30.3 Å². The van der Waals surface area contributed by atoms with E-state index in [0.29, 0.717) is 16.8 Å². The molecular formula is C20H23N3O2. The third kappa shape index (κ3) is 2.65. The van der Waals surface area contributed by atoms with Gasteiger partial charge >= 0.3 is 0 Å². The number of hydrogen-bond acceptors (Lipinski definition) is 3. The highest BCUT2D eigenvalue weighted by molar-refractivity contribution is 6.02. The van der Waals surface area contributed by atoms with Gasteiger partial charge in [-0.3, -0.25) is 4.79 Å². The number of pyridine rings is 1. The van der Waals surface area contributed by atoms with E-state index in [1.807, 2.05) is 25.1 Å². The smallest absolute Gasteiger partial charge is 0.251 e. The minimum atomic E-state index is -0.458. The molecule has 2 aromatic heterocycles. The molecule has 0 unspecified atom stereocenters. The Kier molecular flexibility index (Phi) is 4.25. The standard InChI is InChI=1S/C20H23N3O2/c1-5-15-18(17(20(21)25)12(4)23(15)11(2)3)14-10-9-13-7-6-8-16(24)19(13)22-14/h6-11,24H,5H2,1-4H3,(H2,21,25). The molecule has 1 amide bonds. The van der Waals surface area contributed by atoms with Gasteiger partial charge in [0, 0.05) is 28.4 Å². The fourth-order valence-electron chi connectivity index (χ4n) is 3.66. The summed E-state index contributed by atoms with van der Waals surface area (Å²) >= 11 is 0. The van der Waals surface area contributed by atoms with Gasteiger partial charge in [-0.2, -0.15) is 0 Å². The molecule has 25 heavy (non-hydrogen) atoms. The van der Waals surface area contributed by atoms with Crippen LogP contribution < -0.4 is 5.73 Å². The number of carbonyl (C=O) groups is 1. The number of aromatic nitrogens is 2. The average molecular weight is 337 g/mol. The lowest BCUT2D eigenvalue weighted by atomic mass is 10.0. The van der Waals surface area contributed by atoms with Crippen LogP contribution in [0.4, 0.5) is 0 Å². The molecule has 130 valence electrons. The van der Waals surface area contributed by atoms with Crippen LogP contribution in [0.25, 0.3) is 22.2 Å². The molecule has 5 nitrogen and oxygen atoms in total. The summed E-state index contributed by atoms with van der Waals surface area (Å²) in [7, 11) is 0. The number of carbonyl (C=O) groups excluding carboxylic acids is 1. The number of para-hydroxylation sites is 1. The van der Waals surface area contributed by atoms with E-state index in [0.717, 1.165) is 28.8 Å². The van der Waals surface area contributed by atoms with Gasteiger partial charge in [0.2, 0.25) is 0 Å². The van der Waals surface area contributed by atoms with E-state index < -0.39 is 5.91 Å². The first-order valence-corrected chi connectivity index (χ1v) is 8.49. The lowest BCUT2D eigenvalue weighted by molar-refractivity contribution is 0.1000. The summed E-state index contributed by atoms with van der Waals surface area (Å²) in [5.74, 6) is -0.334. The fraction of sp³-hybridized carbons (Fsp3) is 0.300. The number of primary amides is 1. The molecule has 1 aromatic carbocycles. The number of hydrogen-bond donors (Lipinski definition) is 2. The van der Waals surface area contributed by atoms with Crippen LogP contribution >= 0.6 is 0 Å². The summed E-state index contributed by atoms with van der Waals surface area (Å²) in [6, 6.07) is 9.28. The zero-order valence-electron chi connectivity index (χ0n) is 15.0. The van der Waals surface area contributed by atoms with Gasteiger partial charge in [0.25, 0.3) is 5.91 Å². The molecular weight excluding hydrogens is 314 g/mol. The molecule has 0 atom stereocenters. The largest absolute Gasteiger partial charge is 0.506 e. The van der Waals surface area contributed by atoms with Gasteiger partial charge in [-0.1, -0.05) is 25.1 Å². The SMILES string of the molecule is CCc1c(-c2ccc3cccc(O)c3n2)c(C(N)=O)c(C)n1C(C)C. The zero-order valence-corrected chi connectivity index (χ0v) is 15.0. The second kappa shape index (κ2) is 6.24. The maximum Gasteiger partial charge on any atom is 0.251 e. The third-order valence-corrected chi connectivity index (χ3v) is 4.61. The highest BCUT2D eigenvalue weighted by Gasteiger charge is 2.26. The van der Waals surface area contributed by atoms with E-state index in [9.17, 15) is 9.90 Å². The Bertz CT molecular complexity index is 971. The maximum absolute atomic E-state index is 12.2. The first-order chi connectivity index (χ1) is 11.9. The van der Waals surface area contributed by atoms with E-state index >= 15 is 0 Å². The summed E-state index contributed by atoms with van der Waals surface area (Å²) in [6.45, 7) is 8.14. The van der Waals surface area contributed by atoms with Crippen molar-refractivity contribution in [1.29, 1.82) is 0 Å². The van der Waals surface area contributed by atoms with Crippen LogP contribution in [0.3, 0.4) is 0 Å². The number of phenols is 1. The topological polar surface area (TPSA) is 81.1 Å². The fourth-order valence-corrected chi connectivity index (χ4v) is 3.66. The minimum Gasteiger partial charge on any atom is -0.506 e. The van der Waals surface area contributed by atoms with Gasteiger partial charge in [0.1, 0.15) is 11.3 Å². The van der Waals surface area contributed by atoms with Crippen molar-refractivity contribution in [1.82, 2.24) is 9.55 Å². The highest BCUT2D eigenvalue weighted by atomic mass is 16.3. The first-order valence-electron chi connectivity index (χ1n) is 8.49. The maximum atomic E-state index is 12.2. The van der Waals surface area contributed by atoms with Gasteiger partial charge in [0.05, 0.1) is 11.3 Å². The van der Waals surface area contributed by atoms with Crippen LogP contribution in [0.2, 0.25) is 0 Å². The van der Waals surface area contributed by atoms with E-state index in [2.05, 4.69) is 30.3 Å². The van der Waals surface area contributed by atoms with Crippen molar-refractivity contribution in [3.8, 4) is 17.0 Å². The molecule has 0 fully saturated rings. The van der Waals surface area contributed by atoms with Crippen molar-refractivity contribution in [3.63, 3.8) is 0 Å². The molecule has 3 rings (SSSR count). The second-order valence-electron chi connectivity index (χ2n) is 6.51. The quantitative estimate of drug-likeness (QED) is 0.756. The van der Waals surface area contributed by atoms with Crippen LogP contribution in [-0.2, 0) is 6.42 Å². The Morgan fingerprint density at radius 2 is 2.00 bits per heavy atom. The van der Waals surface area contributed by atoms with Gasteiger partial charge in [-0.15, -0.1) is 0 Å². The monoisotopic (exact) mass is 337 g/mol. The molecule has 0 bridgehead atoms. The highest BCUT2D eigenvalue weighted by Crippen LogP contribution is 2.35. The molecule has 0 saturated carbocycles. The molecule has 0 radical (unpaired) electrons. The number of phenolic OH excluding ortho intramolecular Hbond substituents is 1. The summed E-state index contributed by atoms with van der Waals surface area (Å²) in [5, 5.41) is 11.0. The van der Waals surface area contributed by atoms with Crippen molar-refractivity contribution in [2.45, 2.75) is 40.2 Å². The molecule has 0 aliphatic heterocycles. The Labute approximate surface area is 147 Å². The summed E-state index contributed by atoms with van der Waals surface area (Å²) in [6.07, 6.45) is 0.752. The average Bonchev–Trinajstić information content (AvgIpc) is 2.87. The summed E-state index contributed by atoms with van der Waals surface area (Å²) in [4.78, 5) is 16.8. The number of amides is 1. The third-order valence-electron chi connectivity index (χ3n) is 4.61. The number of nitrogens with two attached hydrogens (primary N) is 1. The normalized spacial score (nSPS) is 11.4. The molecule has 0 aliphatic rings. The van der Waals surface area contributed by atoms with Gasteiger partial charge < -0.3 is 15.4 Å². The molecule has 3 N–H and O–H groups in total. The van der Waals surface area contributed by atoms with Crippen molar-refractivity contribution in [2.75, 3.05) is 0 Å². The molecule has 2 heterocycles. The Morgan fingerprint density at radius 1 is 1.28 bits per heavy atom. The molecule has 5 heteroatoms. The Hall–Kier alpha value is -2.82. The van der Waals surface area contributed by atoms with Gasteiger partial charge in [-0.05, 0) is 39.3 Å². The van der Waals surface area contributed by atoms with Crippen LogP contribution in [0.1, 0.15) is 48.6 Å². The lowest BCUT2D eigenvalue weighted by Gasteiger charge is -2.15. The van der Waals surface area contributed by atoms with E-state index in [1.165, 1.54) is 0 Å². The number of rotatable bonds is 4. The zero-order chi connectivity index (χ0) is 18.3. The van der Waals surface area contributed by atoms with Crippen LogP contribution in [0.5, 0.6) is 5.75 Å². The van der Waals surface area contributed by atoms with E-state index in [-0.39, 0.29) is 11.8 Å². The number of fused-ring (bicyclic) bond motifs is 1. The Morgan fingerprint density at radius 3 is 2.60 bits per heavy atom. The molecule has 3 aromatic rings. The van der Waals surface area contributed by atoms with Gasteiger partial charge in [-0.25, -0.2) is 4.98 Å². The minimum absolute atomic E-state index is 0.123. The molecule has 0 saturated heterocycles. The predicted molar refractivity (Wildman–Crippen MR) is 99.9 cm³/mol. The number of nitrogens with zero attached hydrogens (tertiary/aromatic N) is 2. The van der Waals surface area contributed by atoms with Crippen molar-refractivity contribution < 1.29 is 9.90 Å². The molecule has 0 aliphatic carbocycles.